The van der Waals surface area contributed by atoms with Gasteiger partial charge in [-0.15, -0.1) is 11.8 Å². The van der Waals surface area contributed by atoms with Crippen LogP contribution in [0.1, 0.15) is 33.6 Å². The average Bonchev–Trinajstić information content (AvgIpc) is 2.46. The van der Waals surface area contributed by atoms with Gasteiger partial charge in [0.25, 0.3) is 0 Å². The molecule has 2 N–H and O–H groups in total. The second kappa shape index (κ2) is 4.53. The molecule has 1 aliphatic rings. The lowest BCUT2D eigenvalue weighted by atomic mass is 10.0. The summed E-state index contributed by atoms with van der Waals surface area (Å²) in [5.41, 5.74) is 0. The van der Waals surface area contributed by atoms with E-state index >= 15 is 0 Å². The first-order chi connectivity index (χ1) is 6.43. The molecule has 2 atom stereocenters. The van der Waals surface area contributed by atoms with E-state index in [1.165, 1.54) is 0 Å². The highest BCUT2D eigenvalue weighted by Gasteiger charge is 2.37. The summed E-state index contributed by atoms with van der Waals surface area (Å²) in [7, 11) is 0. The van der Waals surface area contributed by atoms with E-state index in [-0.39, 0.29) is 10.9 Å². The van der Waals surface area contributed by atoms with Crippen LogP contribution >= 0.6 is 11.8 Å². The number of hydrogen-bond donors (Lipinski definition) is 2. The van der Waals surface area contributed by atoms with Gasteiger partial charge in [-0.3, -0.25) is 10.1 Å². The van der Waals surface area contributed by atoms with Crippen molar-refractivity contribution in [2.75, 3.05) is 5.75 Å². The minimum absolute atomic E-state index is 0.0344. The second-order valence-electron chi connectivity index (χ2n) is 4.51. The van der Waals surface area contributed by atoms with Crippen LogP contribution in [-0.4, -0.2) is 27.7 Å². The number of carbonyl (C=O) groups is 1. The Labute approximate surface area is 89.6 Å². The Hall–Kier alpha value is -0.220. The lowest BCUT2D eigenvalue weighted by molar-refractivity contribution is -0.138. The molecule has 0 bridgehead atoms. The van der Waals surface area contributed by atoms with Crippen LogP contribution in [0.3, 0.4) is 0 Å². The summed E-state index contributed by atoms with van der Waals surface area (Å²) in [6, 6.07) is -0.364. The first-order valence-electron chi connectivity index (χ1n) is 5.07. The summed E-state index contributed by atoms with van der Waals surface area (Å²) in [6.07, 6.45) is 2.18. The van der Waals surface area contributed by atoms with Crippen molar-refractivity contribution >= 4 is 17.7 Å². The van der Waals surface area contributed by atoms with E-state index in [1.807, 2.05) is 0 Å². The molecule has 0 spiro atoms. The van der Waals surface area contributed by atoms with Gasteiger partial charge >= 0.3 is 5.97 Å². The second-order valence-corrected chi connectivity index (χ2v) is 6.03. The number of rotatable bonds is 4. The van der Waals surface area contributed by atoms with Crippen LogP contribution < -0.4 is 5.32 Å². The summed E-state index contributed by atoms with van der Waals surface area (Å²) in [5.74, 6) is 0.632. The molecule has 1 heterocycles. The van der Waals surface area contributed by atoms with Crippen molar-refractivity contribution in [2.24, 2.45) is 5.92 Å². The third-order valence-corrected chi connectivity index (χ3v) is 4.00. The fourth-order valence-electron chi connectivity index (χ4n) is 1.56. The number of nitrogens with one attached hydrogen (secondary N) is 1. The van der Waals surface area contributed by atoms with Crippen LogP contribution in [0, 0.1) is 5.92 Å². The molecule has 1 fully saturated rings. The topological polar surface area (TPSA) is 49.3 Å². The van der Waals surface area contributed by atoms with E-state index in [1.54, 1.807) is 11.8 Å². The number of carboxylic acids is 1. The first-order valence-corrected chi connectivity index (χ1v) is 6.06. The van der Waals surface area contributed by atoms with Gasteiger partial charge in [-0.1, -0.05) is 13.8 Å². The summed E-state index contributed by atoms with van der Waals surface area (Å²) < 4.78 is 0. The summed E-state index contributed by atoms with van der Waals surface area (Å²) in [4.78, 5) is 10.7. The number of hydrogen-bond acceptors (Lipinski definition) is 3. The van der Waals surface area contributed by atoms with E-state index in [4.69, 9.17) is 5.11 Å². The van der Waals surface area contributed by atoms with Gasteiger partial charge in [0.1, 0.15) is 6.04 Å². The number of carboxylic acid groups (broad SMARTS) is 1. The maximum atomic E-state index is 10.8. The van der Waals surface area contributed by atoms with Crippen molar-refractivity contribution in [2.45, 2.75) is 44.5 Å². The van der Waals surface area contributed by atoms with Crippen molar-refractivity contribution in [3.63, 3.8) is 0 Å². The van der Waals surface area contributed by atoms with Gasteiger partial charge in [-0.05, 0) is 25.7 Å². The molecule has 1 rings (SSSR count). The molecule has 0 aromatic carbocycles. The maximum Gasteiger partial charge on any atom is 0.321 e. The molecule has 0 aliphatic carbocycles. The molecule has 0 saturated carbocycles. The highest BCUT2D eigenvalue weighted by molar-refractivity contribution is 8.00. The highest BCUT2D eigenvalue weighted by Crippen LogP contribution is 2.34. The largest absolute Gasteiger partial charge is 0.480 e. The number of thioether (sulfide) groups is 1. The van der Waals surface area contributed by atoms with Gasteiger partial charge in [0, 0.05) is 5.75 Å². The first kappa shape index (κ1) is 11.9. The standard InChI is InChI=1S/C10H19NO2S/c1-7(2)4-5-10(3)11-8(6-14-10)9(12)13/h7-8,11H,4-6H2,1-3H3,(H,12,13)/t8-,10?/m1/s1. The number of aliphatic carboxylic acids is 1. The Morgan fingerprint density at radius 3 is 2.79 bits per heavy atom. The van der Waals surface area contributed by atoms with E-state index in [0.29, 0.717) is 11.7 Å². The maximum absolute atomic E-state index is 10.8. The third kappa shape index (κ3) is 3.17. The zero-order valence-electron chi connectivity index (χ0n) is 9.04. The van der Waals surface area contributed by atoms with Crippen LogP contribution in [0.2, 0.25) is 0 Å². The lowest BCUT2D eigenvalue weighted by Gasteiger charge is -2.24. The fourth-order valence-corrected chi connectivity index (χ4v) is 2.81. The lowest BCUT2D eigenvalue weighted by Crippen LogP contribution is -2.43. The normalized spacial score (nSPS) is 32.4. The van der Waals surface area contributed by atoms with Gasteiger partial charge < -0.3 is 5.11 Å². The van der Waals surface area contributed by atoms with Gasteiger partial charge in [0.05, 0.1) is 4.87 Å². The Bertz CT molecular complexity index is 220. The van der Waals surface area contributed by atoms with Crippen LogP contribution in [0.25, 0.3) is 0 Å². The molecule has 1 saturated heterocycles. The SMILES string of the molecule is CC(C)CCC1(C)N[C@@H](C(=O)O)CS1. The van der Waals surface area contributed by atoms with Crippen molar-refractivity contribution in [1.82, 2.24) is 5.32 Å². The molecule has 0 radical (unpaired) electrons. The van der Waals surface area contributed by atoms with Crippen molar-refractivity contribution in [1.29, 1.82) is 0 Å². The van der Waals surface area contributed by atoms with Gasteiger partial charge in [-0.25, -0.2) is 0 Å². The Balaban J connectivity index is 2.41. The van der Waals surface area contributed by atoms with Crippen molar-refractivity contribution in [3.8, 4) is 0 Å². The van der Waals surface area contributed by atoms with E-state index in [9.17, 15) is 4.79 Å². The van der Waals surface area contributed by atoms with E-state index in [0.717, 1.165) is 12.8 Å². The Morgan fingerprint density at radius 2 is 2.36 bits per heavy atom. The smallest absolute Gasteiger partial charge is 0.321 e. The minimum Gasteiger partial charge on any atom is -0.480 e. The molecule has 0 aromatic heterocycles. The summed E-state index contributed by atoms with van der Waals surface area (Å²) in [5, 5.41) is 12.0. The van der Waals surface area contributed by atoms with Crippen molar-refractivity contribution < 1.29 is 9.90 Å². The van der Waals surface area contributed by atoms with Gasteiger partial charge in [0.15, 0.2) is 0 Å². The molecule has 1 aliphatic heterocycles. The molecule has 14 heavy (non-hydrogen) atoms. The molecule has 4 heteroatoms. The summed E-state index contributed by atoms with van der Waals surface area (Å²) in [6.45, 7) is 6.48. The highest BCUT2D eigenvalue weighted by atomic mass is 32.2. The zero-order chi connectivity index (χ0) is 10.8. The van der Waals surface area contributed by atoms with Gasteiger partial charge in [0.2, 0.25) is 0 Å². The Morgan fingerprint density at radius 1 is 1.71 bits per heavy atom. The monoisotopic (exact) mass is 217 g/mol. The molecular weight excluding hydrogens is 198 g/mol. The predicted octanol–water partition coefficient (Wildman–Crippen LogP) is 1.93. The average molecular weight is 217 g/mol. The predicted molar refractivity (Wildman–Crippen MR) is 59.5 cm³/mol. The third-order valence-electron chi connectivity index (χ3n) is 2.54. The minimum atomic E-state index is -0.731. The summed E-state index contributed by atoms with van der Waals surface area (Å²) >= 11 is 1.73. The molecular formula is C10H19NO2S. The fraction of sp³-hybridized carbons (Fsp3) is 0.900. The van der Waals surface area contributed by atoms with E-state index in [2.05, 4.69) is 26.1 Å². The Kier molecular flexibility index (Phi) is 3.84. The molecule has 0 amide bonds. The molecule has 0 aromatic rings. The molecule has 1 unspecified atom stereocenters. The van der Waals surface area contributed by atoms with Crippen molar-refractivity contribution in [3.05, 3.63) is 0 Å². The quantitative estimate of drug-likeness (QED) is 0.755. The van der Waals surface area contributed by atoms with Crippen LogP contribution in [-0.2, 0) is 4.79 Å². The van der Waals surface area contributed by atoms with E-state index < -0.39 is 5.97 Å². The molecule has 3 nitrogen and oxygen atoms in total. The van der Waals surface area contributed by atoms with Gasteiger partial charge in [-0.2, -0.15) is 0 Å². The van der Waals surface area contributed by atoms with Crippen LogP contribution in [0.5, 0.6) is 0 Å². The van der Waals surface area contributed by atoms with Crippen LogP contribution in [0.4, 0.5) is 0 Å². The molecule has 82 valence electrons. The zero-order valence-corrected chi connectivity index (χ0v) is 9.86. The van der Waals surface area contributed by atoms with Crippen LogP contribution in [0.15, 0.2) is 0 Å².